The second-order valence-corrected chi connectivity index (χ2v) is 10.8. The zero-order valence-corrected chi connectivity index (χ0v) is 17.1. The highest BCUT2D eigenvalue weighted by Gasteiger charge is 2.60. The molecule has 1 aliphatic heterocycles. The molecule has 3 aromatic rings. The lowest BCUT2D eigenvalue weighted by atomic mass is 9.92. The van der Waals surface area contributed by atoms with Gasteiger partial charge in [-0.3, -0.25) is 9.67 Å². The fourth-order valence-corrected chi connectivity index (χ4v) is 6.15. The van der Waals surface area contributed by atoms with Gasteiger partial charge in [-0.25, -0.2) is 19.8 Å². The van der Waals surface area contributed by atoms with Gasteiger partial charge in [-0.05, 0) is 25.8 Å². The third-order valence-electron chi connectivity index (χ3n) is 6.28. The van der Waals surface area contributed by atoms with Crippen molar-refractivity contribution in [3.8, 4) is 11.1 Å². The third-order valence-corrected chi connectivity index (χ3v) is 8.87. The third kappa shape index (κ3) is 2.51. The molecule has 0 atom stereocenters. The first-order valence-corrected chi connectivity index (χ1v) is 11.0. The Hall–Kier alpha value is -3.21. The molecule has 1 saturated heterocycles. The summed E-state index contributed by atoms with van der Waals surface area (Å²) >= 11 is 0. The van der Waals surface area contributed by atoms with Crippen LogP contribution in [-0.2, 0) is 15.6 Å². The molecule has 0 aromatic carbocycles. The minimum absolute atomic E-state index is 0.141. The van der Waals surface area contributed by atoms with Crippen LogP contribution in [0.2, 0.25) is 0 Å². The van der Waals surface area contributed by atoms with E-state index in [-0.39, 0.29) is 19.6 Å². The van der Waals surface area contributed by atoms with Crippen LogP contribution in [0.25, 0.3) is 31.9 Å². The summed E-state index contributed by atoms with van der Waals surface area (Å²) in [5.41, 5.74) is 1.88. The lowest BCUT2D eigenvalue weighted by Crippen LogP contribution is -2.67. The molecule has 0 unspecified atom stereocenters. The summed E-state index contributed by atoms with van der Waals surface area (Å²) in [6.45, 7) is 17.3. The van der Waals surface area contributed by atoms with E-state index in [9.17, 15) is 8.42 Å². The quantitative estimate of drug-likeness (QED) is 0.641. The summed E-state index contributed by atoms with van der Waals surface area (Å²) < 4.78 is 28.2. The minimum Gasteiger partial charge on any atom is -0.346 e. The SMILES string of the molecule is [C-]#[N+]CC1(n2cc(-c3c([N+]#[C-])cnc4[nH]ccc34)cn2)CN(S(=O)(=O)C2(C)CC2)C1. The number of fused-ring (bicyclic) bond motifs is 1. The Bertz CT molecular complexity index is 1350. The van der Waals surface area contributed by atoms with Crippen molar-refractivity contribution in [2.24, 2.45) is 0 Å². The summed E-state index contributed by atoms with van der Waals surface area (Å²) in [5, 5.41) is 5.31. The highest BCUT2D eigenvalue weighted by molar-refractivity contribution is 7.90. The van der Waals surface area contributed by atoms with Crippen LogP contribution in [0.4, 0.5) is 5.69 Å². The largest absolute Gasteiger partial charge is 0.346 e. The standard InChI is InChI=1S/C20H19N7O2S/c1-19(5-6-19)30(28,29)26-12-20(13-26,11-21-2)27-10-14(8-25-27)17-15-4-7-23-18(15)24-9-16(17)22-3/h4,7-10H,5-6,11-13H2,1H3,(H,23,24). The predicted molar refractivity (Wildman–Crippen MR) is 111 cm³/mol. The molecular formula is C20H19N7O2S. The van der Waals surface area contributed by atoms with Crippen LogP contribution >= 0.6 is 0 Å². The van der Waals surface area contributed by atoms with E-state index in [4.69, 9.17) is 13.1 Å². The molecular weight excluding hydrogens is 402 g/mol. The molecule has 2 aliphatic rings. The van der Waals surface area contributed by atoms with Crippen molar-refractivity contribution in [3.05, 3.63) is 53.7 Å². The fourth-order valence-electron chi connectivity index (χ4n) is 4.09. The van der Waals surface area contributed by atoms with Gasteiger partial charge in [0.1, 0.15) is 5.65 Å². The zero-order chi connectivity index (χ0) is 21.1. The number of sulfonamides is 1. The maximum atomic E-state index is 12.8. The van der Waals surface area contributed by atoms with Gasteiger partial charge < -0.3 is 9.83 Å². The van der Waals surface area contributed by atoms with Crippen molar-refractivity contribution in [2.45, 2.75) is 30.1 Å². The zero-order valence-electron chi connectivity index (χ0n) is 16.3. The van der Waals surface area contributed by atoms with Gasteiger partial charge in [-0.15, -0.1) is 0 Å². The van der Waals surface area contributed by atoms with Crippen molar-refractivity contribution >= 4 is 26.7 Å². The Balaban J connectivity index is 1.52. The summed E-state index contributed by atoms with van der Waals surface area (Å²) in [4.78, 5) is 14.5. The number of rotatable bonds is 5. The second kappa shape index (κ2) is 6.14. The van der Waals surface area contributed by atoms with Crippen LogP contribution < -0.4 is 0 Å². The maximum absolute atomic E-state index is 12.8. The van der Waals surface area contributed by atoms with Gasteiger partial charge in [0.05, 0.1) is 17.5 Å². The first kappa shape index (κ1) is 18.8. The molecule has 1 saturated carbocycles. The second-order valence-electron chi connectivity index (χ2n) is 8.31. The van der Waals surface area contributed by atoms with Gasteiger partial charge in [-0.2, -0.15) is 9.40 Å². The van der Waals surface area contributed by atoms with E-state index in [1.807, 2.05) is 12.3 Å². The number of aromatic amines is 1. The van der Waals surface area contributed by atoms with Crippen molar-refractivity contribution in [3.63, 3.8) is 0 Å². The van der Waals surface area contributed by atoms with Gasteiger partial charge in [0.25, 0.3) is 0 Å². The minimum atomic E-state index is -3.37. The van der Waals surface area contributed by atoms with E-state index in [0.29, 0.717) is 24.2 Å². The number of aromatic nitrogens is 4. The van der Waals surface area contributed by atoms with Crippen LogP contribution in [0.3, 0.4) is 0 Å². The van der Waals surface area contributed by atoms with Gasteiger partial charge >= 0.3 is 0 Å². The highest BCUT2D eigenvalue weighted by atomic mass is 32.2. The molecule has 152 valence electrons. The van der Waals surface area contributed by atoms with Crippen LogP contribution in [0, 0.1) is 13.1 Å². The Morgan fingerprint density at radius 3 is 2.70 bits per heavy atom. The first-order chi connectivity index (χ1) is 14.3. The van der Waals surface area contributed by atoms with Crippen LogP contribution in [0.1, 0.15) is 19.8 Å². The first-order valence-electron chi connectivity index (χ1n) is 9.56. The number of nitrogens with one attached hydrogen (secondary N) is 1. The van der Waals surface area contributed by atoms with Crippen LogP contribution in [0.15, 0.2) is 30.9 Å². The van der Waals surface area contributed by atoms with Crippen molar-refractivity contribution < 1.29 is 8.42 Å². The Morgan fingerprint density at radius 1 is 1.27 bits per heavy atom. The molecule has 1 N–H and O–H groups in total. The lowest BCUT2D eigenvalue weighted by Gasteiger charge is -2.46. The van der Waals surface area contributed by atoms with Crippen LogP contribution in [0.5, 0.6) is 0 Å². The number of hydrogen-bond acceptors (Lipinski definition) is 4. The Kier molecular flexibility index (Phi) is 3.85. The summed E-state index contributed by atoms with van der Waals surface area (Å²) in [6.07, 6.45) is 8.14. The van der Waals surface area contributed by atoms with E-state index >= 15 is 0 Å². The molecule has 10 heteroatoms. The van der Waals surface area contributed by atoms with Crippen LogP contribution in [-0.4, -0.2) is 56.9 Å². The number of pyridine rings is 1. The summed E-state index contributed by atoms with van der Waals surface area (Å²) in [6, 6.07) is 1.87. The van der Waals surface area contributed by atoms with E-state index in [1.54, 1.807) is 24.0 Å². The molecule has 30 heavy (non-hydrogen) atoms. The maximum Gasteiger partial charge on any atom is 0.242 e. The molecule has 0 amide bonds. The summed E-state index contributed by atoms with van der Waals surface area (Å²) in [7, 11) is -3.37. The van der Waals surface area contributed by atoms with Crippen molar-refractivity contribution in [1.82, 2.24) is 24.1 Å². The summed E-state index contributed by atoms with van der Waals surface area (Å²) in [5.74, 6) is 0. The predicted octanol–water partition coefficient (Wildman–Crippen LogP) is 2.79. The molecule has 0 spiro atoms. The van der Waals surface area contributed by atoms with Gasteiger partial charge in [0, 0.05) is 48.2 Å². The van der Waals surface area contributed by atoms with E-state index < -0.39 is 20.3 Å². The van der Waals surface area contributed by atoms with Gasteiger partial charge in [0.15, 0.2) is 5.54 Å². The molecule has 0 radical (unpaired) electrons. The molecule has 0 bridgehead atoms. The molecule has 3 aromatic heterocycles. The van der Waals surface area contributed by atoms with Crippen molar-refractivity contribution in [1.29, 1.82) is 0 Å². The average Bonchev–Trinajstić information content (AvgIpc) is 3.10. The normalized spacial score (nSPS) is 19.7. The van der Waals surface area contributed by atoms with E-state index in [1.165, 1.54) is 10.5 Å². The highest BCUT2D eigenvalue weighted by Crippen LogP contribution is 2.48. The molecule has 1 aliphatic carbocycles. The van der Waals surface area contributed by atoms with Gasteiger partial charge in [-0.1, -0.05) is 0 Å². The number of H-pyrrole nitrogens is 1. The topological polar surface area (TPSA) is 92.6 Å². The lowest BCUT2D eigenvalue weighted by molar-refractivity contribution is 0.0821. The van der Waals surface area contributed by atoms with E-state index in [0.717, 1.165) is 16.5 Å². The molecule has 9 nitrogen and oxygen atoms in total. The van der Waals surface area contributed by atoms with E-state index in [2.05, 4.69) is 24.8 Å². The Morgan fingerprint density at radius 2 is 2.03 bits per heavy atom. The number of hydrogen-bond donors (Lipinski definition) is 1. The molecule has 2 fully saturated rings. The smallest absolute Gasteiger partial charge is 0.242 e. The molecule has 4 heterocycles. The molecule has 5 rings (SSSR count). The average molecular weight is 421 g/mol. The fraction of sp³-hybridized carbons (Fsp3) is 0.400. The Labute approximate surface area is 174 Å². The number of nitrogens with zero attached hydrogens (tertiary/aromatic N) is 6. The van der Waals surface area contributed by atoms with Crippen molar-refractivity contribution in [2.75, 3.05) is 19.6 Å². The van der Waals surface area contributed by atoms with Gasteiger partial charge in [0.2, 0.25) is 22.3 Å². The monoisotopic (exact) mass is 421 g/mol.